The number of anilines is 2. The van der Waals surface area contributed by atoms with E-state index in [2.05, 4.69) is 41.5 Å². The Balaban J connectivity index is 1.67. The fraction of sp³-hybridized carbons (Fsp3) is 0.107. The third-order valence-electron chi connectivity index (χ3n) is 5.89. The summed E-state index contributed by atoms with van der Waals surface area (Å²) in [4.78, 5) is 23.5. The molecule has 0 aliphatic carbocycles. The van der Waals surface area contributed by atoms with E-state index < -0.39 is 0 Å². The van der Waals surface area contributed by atoms with E-state index in [0.29, 0.717) is 21.2 Å². The van der Waals surface area contributed by atoms with E-state index in [1.54, 1.807) is 13.3 Å². The van der Waals surface area contributed by atoms with Crippen molar-refractivity contribution in [1.82, 2.24) is 9.97 Å². The number of carbonyl (C=O) groups excluding carboxylic acids is 1. The van der Waals surface area contributed by atoms with Crippen molar-refractivity contribution in [3.8, 4) is 28.1 Å². The molecule has 0 saturated heterocycles. The number of methoxy groups -OCH3 is 1. The summed E-state index contributed by atoms with van der Waals surface area (Å²) in [5.41, 5.74) is 12.7. The highest BCUT2D eigenvalue weighted by atomic mass is 32.1. The van der Waals surface area contributed by atoms with Crippen LogP contribution >= 0.6 is 11.3 Å². The van der Waals surface area contributed by atoms with E-state index in [0.717, 1.165) is 39.1 Å². The van der Waals surface area contributed by atoms with Crippen LogP contribution in [0.25, 0.3) is 32.6 Å². The van der Waals surface area contributed by atoms with Crippen molar-refractivity contribution in [2.24, 2.45) is 0 Å². The third-order valence-corrected chi connectivity index (χ3v) is 6.99. The molecule has 5 aromatic rings. The molecule has 6 nitrogen and oxygen atoms in total. The first kappa shape index (κ1) is 22.6. The molecule has 0 bridgehead atoms. The van der Waals surface area contributed by atoms with E-state index in [9.17, 15) is 4.79 Å². The molecule has 0 radical (unpaired) electrons. The van der Waals surface area contributed by atoms with E-state index in [-0.39, 0.29) is 5.91 Å². The van der Waals surface area contributed by atoms with Crippen LogP contribution in [-0.4, -0.2) is 23.0 Å². The molecule has 5 rings (SSSR count). The highest BCUT2D eigenvalue weighted by molar-refractivity contribution is 7.21. The van der Waals surface area contributed by atoms with Crippen molar-refractivity contribution in [1.29, 1.82) is 0 Å². The largest absolute Gasteiger partial charge is 0.497 e. The minimum atomic E-state index is -0.298. The number of pyridine rings is 2. The number of nitrogens with two attached hydrogens (primary N) is 1. The number of ether oxygens (including phenoxy) is 1. The zero-order valence-electron chi connectivity index (χ0n) is 19.6. The maximum absolute atomic E-state index is 13.2. The molecule has 174 valence electrons. The lowest BCUT2D eigenvalue weighted by molar-refractivity contribution is 0.103. The topological polar surface area (TPSA) is 90.1 Å². The summed E-state index contributed by atoms with van der Waals surface area (Å²) >= 11 is 1.28. The number of aryl methyl sites for hydroxylation is 2. The molecule has 2 aromatic carbocycles. The van der Waals surface area contributed by atoms with Gasteiger partial charge in [0.1, 0.15) is 21.3 Å². The van der Waals surface area contributed by atoms with Crippen LogP contribution in [0.3, 0.4) is 0 Å². The monoisotopic (exact) mass is 480 g/mol. The van der Waals surface area contributed by atoms with E-state index in [4.69, 9.17) is 15.5 Å². The van der Waals surface area contributed by atoms with Gasteiger partial charge >= 0.3 is 0 Å². The molecule has 0 unspecified atom stereocenters. The van der Waals surface area contributed by atoms with Gasteiger partial charge in [-0.2, -0.15) is 0 Å². The summed E-state index contributed by atoms with van der Waals surface area (Å²) in [6, 6.07) is 21.8. The number of nitrogen functional groups attached to an aromatic ring is 1. The lowest BCUT2D eigenvalue weighted by Gasteiger charge is -2.10. The van der Waals surface area contributed by atoms with Gasteiger partial charge < -0.3 is 15.8 Å². The van der Waals surface area contributed by atoms with Gasteiger partial charge in [-0.15, -0.1) is 11.3 Å². The molecule has 35 heavy (non-hydrogen) atoms. The molecule has 3 N–H and O–H groups in total. The van der Waals surface area contributed by atoms with Gasteiger partial charge in [0.15, 0.2) is 0 Å². The average Bonchev–Trinajstić information content (AvgIpc) is 3.22. The number of nitrogens with one attached hydrogen (secondary N) is 1. The molecule has 3 aromatic heterocycles. The van der Waals surface area contributed by atoms with Crippen molar-refractivity contribution < 1.29 is 9.53 Å². The van der Waals surface area contributed by atoms with Gasteiger partial charge in [0.05, 0.1) is 18.5 Å². The van der Waals surface area contributed by atoms with Crippen molar-refractivity contribution in [3.05, 3.63) is 88.9 Å². The number of benzene rings is 2. The molecule has 0 saturated carbocycles. The fourth-order valence-electron chi connectivity index (χ4n) is 3.94. The number of fused-ring (bicyclic) bond motifs is 1. The number of aromatic nitrogens is 2. The third kappa shape index (κ3) is 4.34. The van der Waals surface area contributed by atoms with Crippen LogP contribution in [0.5, 0.6) is 5.75 Å². The van der Waals surface area contributed by atoms with Gasteiger partial charge in [-0.25, -0.2) is 9.97 Å². The Morgan fingerprint density at radius 3 is 2.40 bits per heavy atom. The Bertz CT molecular complexity index is 1540. The van der Waals surface area contributed by atoms with Crippen molar-refractivity contribution in [3.63, 3.8) is 0 Å². The minimum absolute atomic E-state index is 0.298. The minimum Gasteiger partial charge on any atom is -0.497 e. The second kappa shape index (κ2) is 9.19. The van der Waals surface area contributed by atoms with Gasteiger partial charge in [-0.1, -0.05) is 35.9 Å². The quantitative estimate of drug-likeness (QED) is 0.300. The summed E-state index contributed by atoms with van der Waals surface area (Å²) in [5.74, 6) is 0.992. The molecular formula is C28H24N4O2S. The number of hydrogen-bond donors (Lipinski definition) is 2. The first-order valence-corrected chi connectivity index (χ1v) is 11.9. The number of carbonyl (C=O) groups is 1. The molecule has 3 heterocycles. The Kier molecular flexibility index (Phi) is 5.93. The Morgan fingerprint density at radius 1 is 1.00 bits per heavy atom. The summed E-state index contributed by atoms with van der Waals surface area (Å²) in [6.07, 6.45) is 1.65. The van der Waals surface area contributed by atoms with Crippen LogP contribution < -0.4 is 15.8 Å². The molecule has 0 atom stereocenters. The lowest BCUT2D eigenvalue weighted by Crippen LogP contribution is -2.13. The Morgan fingerprint density at radius 2 is 1.71 bits per heavy atom. The average molecular weight is 481 g/mol. The number of nitrogens with zero attached hydrogens (tertiary/aromatic N) is 2. The molecule has 7 heteroatoms. The Labute approximate surface area is 207 Å². The van der Waals surface area contributed by atoms with Crippen molar-refractivity contribution in [2.75, 3.05) is 18.2 Å². The predicted octanol–water partition coefficient (Wildman–Crippen LogP) is 6.49. The zero-order chi connectivity index (χ0) is 24.5. The van der Waals surface area contributed by atoms with E-state index in [1.807, 2.05) is 49.4 Å². The van der Waals surface area contributed by atoms with Crippen LogP contribution in [0, 0.1) is 13.8 Å². The Hall–Kier alpha value is -4.23. The fourth-order valence-corrected chi connectivity index (χ4v) is 4.96. The zero-order valence-corrected chi connectivity index (χ0v) is 20.4. The van der Waals surface area contributed by atoms with Crippen LogP contribution in [0.2, 0.25) is 0 Å². The van der Waals surface area contributed by atoms with Gasteiger partial charge in [-0.3, -0.25) is 4.79 Å². The van der Waals surface area contributed by atoms with Crippen LogP contribution in [0.15, 0.2) is 72.9 Å². The molecule has 1 amide bonds. The van der Waals surface area contributed by atoms with Crippen molar-refractivity contribution in [2.45, 2.75) is 13.8 Å². The summed E-state index contributed by atoms with van der Waals surface area (Å²) in [7, 11) is 1.64. The first-order valence-electron chi connectivity index (χ1n) is 11.1. The van der Waals surface area contributed by atoms with E-state index >= 15 is 0 Å². The summed E-state index contributed by atoms with van der Waals surface area (Å²) in [5, 5.41) is 3.67. The first-order chi connectivity index (χ1) is 16.9. The smallest absolute Gasteiger partial charge is 0.269 e. The van der Waals surface area contributed by atoms with Gasteiger partial charge in [-0.05, 0) is 66.9 Å². The number of amides is 1. The second-order valence-electron chi connectivity index (χ2n) is 8.30. The number of hydrogen-bond acceptors (Lipinski definition) is 6. The molecular weight excluding hydrogens is 456 g/mol. The standard InChI is InChI=1S/C28H24N4O2S/c1-16-6-8-18(9-7-16)21-15-22(19-10-12-20(34-3)13-11-19)31-28-23(21)24(29)25(35-28)27(33)32-26-17(2)5-4-14-30-26/h4-15H,29H2,1-3H3,(H,30,32,33). The molecule has 0 aliphatic rings. The molecule has 0 spiro atoms. The van der Waals surface area contributed by atoms with Gasteiger partial charge in [0.25, 0.3) is 5.91 Å². The number of rotatable bonds is 5. The summed E-state index contributed by atoms with van der Waals surface area (Å²) < 4.78 is 5.30. The van der Waals surface area contributed by atoms with Crippen LogP contribution in [0.1, 0.15) is 20.8 Å². The second-order valence-corrected chi connectivity index (χ2v) is 9.30. The molecule has 0 aliphatic heterocycles. The lowest BCUT2D eigenvalue weighted by atomic mass is 9.98. The normalized spacial score (nSPS) is 10.9. The highest BCUT2D eigenvalue weighted by Crippen LogP contribution is 2.41. The maximum atomic E-state index is 13.2. The molecule has 0 fully saturated rings. The van der Waals surface area contributed by atoms with Gasteiger partial charge in [0, 0.05) is 17.1 Å². The summed E-state index contributed by atoms with van der Waals surface area (Å²) in [6.45, 7) is 3.95. The van der Waals surface area contributed by atoms with Crippen molar-refractivity contribution >= 4 is 39.0 Å². The van der Waals surface area contributed by atoms with Crippen LogP contribution in [0.4, 0.5) is 11.5 Å². The number of thiophene rings is 1. The highest BCUT2D eigenvalue weighted by Gasteiger charge is 2.22. The van der Waals surface area contributed by atoms with Crippen LogP contribution in [-0.2, 0) is 0 Å². The SMILES string of the molecule is COc1ccc(-c2cc(-c3ccc(C)cc3)c3c(N)c(C(=O)Nc4ncccc4C)sc3n2)cc1. The maximum Gasteiger partial charge on any atom is 0.269 e. The predicted molar refractivity (Wildman–Crippen MR) is 143 cm³/mol. The van der Waals surface area contributed by atoms with Gasteiger partial charge in [0.2, 0.25) is 0 Å². The van der Waals surface area contributed by atoms with E-state index in [1.165, 1.54) is 16.9 Å².